The Morgan fingerprint density at radius 2 is 1.71 bits per heavy atom. The zero-order valence-electron chi connectivity index (χ0n) is 15.7. The fraction of sp³-hybridized carbons (Fsp3) is 0.190. The van der Waals surface area contributed by atoms with Crippen LogP contribution >= 0.6 is 11.3 Å². The van der Waals surface area contributed by atoms with Gasteiger partial charge in [0.05, 0.1) is 5.69 Å². The first-order valence-electron chi connectivity index (χ1n) is 8.85. The topological polar surface area (TPSA) is 66.5 Å². The van der Waals surface area contributed by atoms with Crippen molar-refractivity contribution in [1.82, 2.24) is 5.32 Å². The third-order valence-electron chi connectivity index (χ3n) is 4.54. The predicted octanol–water partition coefficient (Wildman–Crippen LogP) is 4.11. The average molecular weight is 415 g/mol. The molecule has 0 saturated heterocycles. The van der Waals surface area contributed by atoms with Crippen LogP contribution in [0.1, 0.15) is 28.8 Å². The molecule has 1 heterocycles. The number of carbonyl (C=O) groups is 1. The molecule has 7 heteroatoms. The van der Waals surface area contributed by atoms with Crippen molar-refractivity contribution in [3.8, 4) is 0 Å². The van der Waals surface area contributed by atoms with Crippen LogP contribution in [0.15, 0.2) is 76.3 Å². The summed E-state index contributed by atoms with van der Waals surface area (Å²) in [4.78, 5) is 12.4. The van der Waals surface area contributed by atoms with Crippen molar-refractivity contribution in [2.45, 2.75) is 17.1 Å². The summed E-state index contributed by atoms with van der Waals surface area (Å²) in [6.07, 6.45) is 0. The summed E-state index contributed by atoms with van der Waals surface area (Å²) in [6, 6.07) is 19.8. The molecular weight excluding hydrogens is 392 g/mol. The van der Waals surface area contributed by atoms with Crippen LogP contribution in [-0.2, 0) is 10.0 Å². The summed E-state index contributed by atoms with van der Waals surface area (Å²) in [6.45, 7) is 2.58. The molecule has 0 aliphatic rings. The molecule has 5 nitrogen and oxygen atoms in total. The summed E-state index contributed by atoms with van der Waals surface area (Å²) in [7, 11) is -2.08. The van der Waals surface area contributed by atoms with Gasteiger partial charge in [-0.05, 0) is 47.2 Å². The lowest BCUT2D eigenvalue weighted by Crippen LogP contribution is -2.28. The van der Waals surface area contributed by atoms with Crippen molar-refractivity contribution in [3.63, 3.8) is 0 Å². The number of sulfonamides is 1. The first-order valence-corrected chi connectivity index (χ1v) is 11.2. The highest BCUT2D eigenvalue weighted by Crippen LogP contribution is 2.25. The van der Waals surface area contributed by atoms with Crippen LogP contribution in [0.3, 0.4) is 0 Å². The Morgan fingerprint density at radius 3 is 2.32 bits per heavy atom. The lowest BCUT2D eigenvalue weighted by molar-refractivity contribution is 0.0951. The zero-order chi connectivity index (χ0) is 20.1. The van der Waals surface area contributed by atoms with Crippen LogP contribution in [0, 0.1) is 0 Å². The van der Waals surface area contributed by atoms with Crippen molar-refractivity contribution >= 4 is 33.0 Å². The number of nitrogens with one attached hydrogen (secondary N) is 1. The molecule has 3 rings (SSSR count). The number of benzene rings is 2. The van der Waals surface area contributed by atoms with E-state index in [1.807, 2.05) is 30.3 Å². The maximum Gasteiger partial charge on any atom is 0.273 e. The molecule has 0 fully saturated rings. The number of hydrogen-bond acceptors (Lipinski definition) is 4. The lowest BCUT2D eigenvalue weighted by Gasteiger charge is -2.19. The van der Waals surface area contributed by atoms with Gasteiger partial charge in [0.1, 0.15) is 4.21 Å². The normalized spacial score (nSPS) is 12.4. The fourth-order valence-corrected chi connectivity index (χ4v) is 5.11. The highest BCUT2D eigenvalue weighted by molar-refractivity contribution is 7.94. The van der Waals surface area contributed by atoms with E-state index in [1.54, 1.807) is 41.8 Å². The van der Waals surface area contributed by atoms with Gasteiger partial charge in [-0.3, -0.25) is 9.10 Å². The van der Waals surface area contributed by atoms with E-state index in [0.717, 1.165) is 0 Å². The quantitative estimate of drug-likeness (QED) is 0.633. The number of hydrogen-bond donors (Lipinski definition) is 1. The maximum absolute atomic E-state index is 12.6. The number of anilines is 1. The Morgan fingerprint density at radius 1 is 1.04 bits per heavy atom. The molecule has 0 saturated carbocycles. The zero-order valence-corrected chi connectivity index (χ0v) is 17.3. The van der Waals surface area contributed by atoms with Gasteiger partial charge in [-0.1, -0.05) is 43.3 Å². The molecule has 0 radical (unpaired) electrons. The highest BCUT2D eigenvalue weighted by atomic mass is 32.2. The van der Waals surface area contributed by atoms with E-state index in [-0.39, 0.29) is 16.0 Å². The maximum atomic E-state index is 12.6. The van der Waals surface area contributed by atoms with Crippen LogP contribution in [0.4, 0.5) is 5.69 Å². The SMILES string of the molecule is CC(CNC(=O)c1ccc(N(C)S(=O)(=O)c2cccs2)cc1)c1ccccc1. The molecule has 0 aliphatic heterocycles. The largest absolute Gasteiger partial charge is 0.351 e. The fourth-order valence-electron chi connectivity index (χ4n) is 2.75. The summed E-state index contributed by atoms with van der Waals surface area (Å²) < 4.78 is 26.7. The minimum absolute atomic E-state index is 0.182. The standard InChI is InChI=1S/C21H22N2O3S2/c1-16(17-7-4-3-5-8-17)15-22-21(24)18-10-12-19(13-11-18)23(2)28(25,26)20-9-6-14-27-20/h3-14,16H,15H2,1-2H3,(H,22,24). The summed E-state index contributed by atoms with van der Waals surface area (Å²) in [5.41, 5.74) is 2.16. The van der Waals surface area contributed by atoms with Crippen molar-refractivity contribution in [2.75, 3.05) is 17.9 Å². The number of rotatable bonds is 7. The van der Waals surface area contributed by atoms with E-state index in [4.69, 9.17) is 0 Å². The van der Waals surface area contributed by atoms with Crippen molar-refractivity contribution in [3.05, 3.63) is 83.2 Å². The van der Waals surface area contributed by atoms with Gasteiger partial charge in [-0.15, -0.1) is 11.3 Å². The van der Waals surface area contributed by atoms with E-state index in [9.17, 15) is 13.2 Å². The third kappa shape index (κ3) is 4.43. The second-order valence-electron chi connectivity index (χ2n) is 6.47. The lowest BCUT2D eigenvalue weighted by atomic mass is 10.0. The molecule has 3 aromatic rings. The van der Waals surface area contributed by atoms with Crippen LogP contribution in [-0.4, -0.2) is 27.9 Å². The average Bonchev–Trinajstić information content (AvgIpc) is 3.28. The number of amides is 1. The van der Waals surface area contributed by atoms with Gasteiger partial charge in [0.2, 0.25) is 0 Å². The molecule has 28 heavy (non-hydrogen) atoms. The molecule has 1 atom stereocenters. The van der Waals surface area contributed by atoms with Gasteiger partial charge >= 0.3 is 0 Å². The summed E-state index contributed by atoms with van der Waals surface area (Å²) in [5, 5.41) is 4.66. The Hall–Kier alpha value is -2.64. The number of carbonyl (C=O) groups excluding carboxylic acids is 1. The Balaban J connectivity index is 1.64. The first kappa shape index (κ1) is 20.1. The van der Waals surface area contributed by atoms with E-state index in [0.29, 0.717) is 17.8 Å². The molecule has 0 spiro atoms. The molecule has 0 bridgehead atoms. The Bertz CT molecular complexity index is 1020. The number of nitrogens with zero attached hydrogens (tertiary/aromatic N) is 1. The summed E-state index contributed by atoms with van der Waals surface area (Å²) >= 11 is 1.17. The summed E-state index contributed by atoms with van der Waals surface area (Å²) in [5.74, 6) is 0.0181. The molecule has 1 unspecified atom stereocenters. The van der Waals surface area contributed by atoms with E-state index in [2.05, 4.69) is 12.2 Å². The predicted molar refractivity (Wildman–Crippen MR) is 114 cm³/mol. The number of thiophene rings is 1. The van der Waals surface area contributed by atoms with E-state index >= 15 is 0 Å². The van der Waals surface area contributed by atoms with Gasteiger partial charge in [0, 0.05) is 19.2 Å². The Labute approximate surface area is 169 Å². The van der Waals surface area contributed by atoms with Gasteiger partial charge in [-0.2, -0.15) is 0 Å². The molecule has 1 aromatic heterocycles. The minimum atomic E-state index is -3.58. The second-order valence-corrected chi connectivity index (χ2v) is 9.62. The van der Waals surface area contributed by atoms with Crippen molar-refractivity contribution in [2.24, 2.45) is 0 Å². The molecular formula is C21H22N2O3S2. The van der Waals surface area contributed by atoms with Gasteiger partial charge in [0.25, 0.3) is 15.9 Å². The van der Waals surface area contributed by atoms with Crippen molar-refractivity contribution in [1.29, 1.82) is 0 Å². The molecule has 2 aromatic carbocycles. The van der Waals surface area contributed by atoms with Crippen LogP contribution in [0.5, 0.6) is 0 Å². The Kier molecular flexibility index (Phi) is 6.16. The third-order valence-corrected chi connectivity index (χ3v) is 7.70. The van der Waals surface area contributed by atoms with E-state index < -0.39 is 10.0 Å². The van der Waals surface area contributed by atoms with Crippen LogP contribution < -0.4 is 9.62 Å². The van der Waals surface area contributed by atoms with E-state index in [1.165, 1.54) is 28.3 Å². The molecule has 146 valence electrons. The minimum Gasteiger partial charge on any atom is -0.351 e. The molecule has 1 amide bonds. The van der Waals surface area contributed by atoms with Gasteiger partial charge in [0.15, 0.2) is 0 Å². The van der Waals surface area contributed by atoms with Crippen LogP contribution in [0.2, 0.25) is 0 Å². The highest BCUT2D eigenvalue weighted by Gasteiger charge is 2.22. The smallest absolute Gasteiger partial charge is 0.273 e. The van der Waals surface area contributed by atoms with Crippen LogP contribution in [0.25, 0.3) is 0 Å². The van der Waals surface area contributed by atoms with Gasteiger partial charge in [-0.25, -0.2) is 8.42 Å². The monoisotopic (exact) mass is 414 g/mol. The second kappa shape index (κ2) is 8.58. The first-order chi connectivity index (χ1) is 13.4. The molecule has 1 N–H and O–H groups in total. The van der Waals surface area contributed by atoms with Gasteiger partial charge < -0.3 is 5.32 Å². The molecule has 0 aliphatic carbocycles. The van der Waals surface area contributed by atoms with Crippen molar-refractivity contribution < 1.29 is 13.2 Å².